The number of methoxy groups -OCH3 is 2. The van der Waals surface area contributed by atoms with Gasteiger partial charge in [-0.05, 0) is 60.4 Å². The summed E-state index contributed by atoms with van der Waals surface area (Å²) in [5.41, 5.74) is 10.9. The van der Waals surface area contributed by atoms with Crippen molar-refractivity contribution in [2.75, 3.05) is 14.2 Å². The van der Waals surface area contributed by atoms with Gasteiger partial charge in [-0.3, -0.25) is 0 Å². The van der Waals surface area contributed by atoms with E-state index in [-0.39, 0.29) is 6.04 Å². The highest BCUT2D eigenvalue weighted by molar-refractivity contribution is 9.10. The van der Waals surface area contributed by atoms with Crippen LogP contribution in [0.5, 0.6) is 11.5 Å². The molecule has 0 aromatic heterocycles. The molecule has 0 bridgehead atoms. The number of ether oxygens (including phenoxy) is 2. The molecule has 3 nitrogen and oxygen atoms in total. The Labute approximate surface area is 134 Å². The molecule has 0 aliphatic rings. The molecular formula is C17H20BrNO2. The second-order valence-corrected chi connectivity index (χ2v) is 5.96. The highest BCUT2D eigenvalue weighted by atomic mass is 79.9. The molecule has 4 heteroatoms. The van der Waals surface area contributed by atoms with Gasteiger partial charge < -0.3 is 15.2 Å². The summed E-state index contributed by atoms with van der Waals surface area (Å²) in [5, 5.41) is 0. The van der Waals surface area contributed by atoms with E-state index >= 15 is 0 Å². The molecule has 21 heavy (non-hydrogen) atoms. The minimum atomic E-state index is -0.206. The average Bonchev–Trinajstić information content (AvgIpc) is 2.48. The Hall–Kier alpha value is -1.52. The van der Waals surface area contributed by atoms with Crippen molar-refractivity contribution in [1.29, 1.82) is 0 Å². The van der Waals surface area contributed by atoms with Gasteiger partial charge in [-0.25, -0.2) is 0 Å². The van der Waals surface area contributed by atoms with Crippen molar-refractivity contribution in [3.05, 3.63) is 57.1 Å². The molecule has 1 atom stereocenters. The SMILES string of the molecule is COc1cc(C)c(C(N)c2cc(Br)ccc2C)cc1OC. The van der Waals surface area contributed by atoms with E-state index in [4.69, 9.17) is 15.2 Å². The van der Waals surface area contributed by atoms with Crippen LogP contribution in [0.4, 0.5) is 0 Å². The van der Waals surface area contributed by atoms with E-state index < -0.39 is 0 Å². The molecule has 0 amide bonds. The van der Waals surface area contributed by atoms with Crippen LogP contribution in [-0.4, -0.2) is 14.2 Å². The lowest BCUT2D eigenvalue weighted by atomic mass is 9.92. The van der Waals surface area contributed by atoms with E-state index in [1.165, 1.54) is 5.56 Å². The van der Waals surface area contributed by atoms with Gasteiger partial charge in [0.2, 0.25) is 0 Å². The smallest absolute Gasteiger partial charge is 0.161 e. The van der Waals surface area contributed by atoms with Crippen molar-refractivity contribution in [3.63, 3.8) is 0 Å². The molecule has 0 spiro atoms. The van der Waals surface area contributed by atoms with Gasteiger partial charge in [0.15, 0.2) is 11.5 Å². The highest BCUT2D eigenvalue weighted by Gasteiger charge is 2.17. The zero-order valence-corrected chi connectivity index (χ0v) is 14.3. The first-order valence-corrected chi connectivity index (χ1v) is 7.51. The second kappa shape index (κ2) is 6.50. The Bertz CT molecular complexity index is 655. The Morgan fingerprint density at radius 1 is 0.905 bits per heavy atom. The Morgan fingerprint density at radius 2 is 1.48 bits per heavy atom. The normalized spacial score (nSPS) is 12.1. The molecule has 2 rings (SSSR count). The standard InChI is InChI=1S/C17H20BrNO2/c1-10-5-6-12(18)8-13(10)17(19)14-9-16(21-4)15(20-3)7-11(14)2/h5-9,17H,19H2,1-4H3. The third-order valence-corrected chi connectivity index (χ3v) is 4.18. The summed E-state index contributed by atoms with van der Waals surface area (Å²) < 4.78 is 11.7. The first-order valence-electron chi connectivity index (χ1n) is 6.72. The van der Waals surface area contributed by atoms with Gasteiger partial charge in [-0.2, -0.15) is 0 Å². The average molecular weight is 350 g/mol. The largest absolute Gasteiger partial charge is 0.493 e. The number of aryl methyl sites for hydroxylation is 2. The predicted molar refractivity (Wildman–Crippen MR) is 89.2 cm³/mol. The summed E-state index contributed by atoms with van der Waals surface area (Å²) in [6.45, 7) is 4.10. The molecule has 0 radical (unpaired) electrons. The summed E-state index contributed by atoms with van der Waals surface area (Å²) >= 11 is 3.51. The van der Waals surface area contributed by atoms with Crippen LogP contribution in [0, 0.1) is 13.8 Å². The first-order chi connectivity index (χ1) is 9.97. The molecule has 0 aliphatic heterocycles. The van der Waals surface area contributed by atoms with Gasteiger partial charge in [0, 0.05) is 4.47 Å². The van der Waals surface area contributed by atoms with Gasteiger partial charge >= 0.3 is 0 Å². The molecule has 0 saturated heterocycles. The van der Waals surface area contributed by atoms with Gasteiger partial charge in [0.1, 0.15) is 0 Å². The number of rotatable bonds is 4. The third-order valence-electron chi connectivity index (χ3n) is 3.68. The molecular weight excluding hydrogens is 330 g/mol. The molecule has 0 fully saturated rings. The van der Waals surface area contributed by atoms with Crippen molar-refractivity contribution in [2.45, 2.75) is 19.9 Å². The predicted octanol–water partition coefficient (Wildman–Crippen LogP) is 4.13. The van der Waals surface area contributed by atoms with Crippen molar-refractivity contribution in [1.82, 2.24) is 0 Å². The van der Waals surface area contributed by atoms with E-state index in [9.17, 15) is 0 Å². The van der Waals surface area contributed by atoms with Crippen molar-refractivity contribution >= 4 is 15.9 Å². The van der Waals surface area contributed by atoms with E-state index in [1.807, 2.05) is 25.1 Å². The zero-order valence-electron chi connectivity index (χ0n) is 12.7. The van der Waals surface area contributed by atoms with Gasteiger partial charge in [0.25, 0.3) is 0 Å². The van der Waals surface area contributed by atoms with E-state index in [0.717, 1.165) is 26.9 Å². The lowest BCUT2D eigenvalue weighted by molar-refractivity contribution is 0.354. The number of nitrogens with two attached hydrogens (primary N) is 1. The fourth-order valence-electron chi connectivity index (χ4n) is 2.45. The molecule has 0 heterocycles. The van der Waals surface area contributed by atoms with Crippen molar-refractivity contribution < 1.29 is 9.47 Å². The first kappa shape index (κ1) is 15.9. The van der Waals surface area contributed by atoms with Crippen LogP contribution < -0.4 is 15.2 Å². The quantitative estimate of drug-likeness (QED) is 0.902. The maximum atomic E-state index is 6.48. The summed E-state index contributed by atoms with van der Waals surface area (Å²) in [6.07, 6.45) is 0. The molecule has 2 aromatic rings. The summed E-state index contributed by atoms with van der Waals surface area (Å²) in [6, 6.07) is 9.86. The van der Waals surface area contributed by atoms with Gasteiger partial charge in [-0.1, -0.05) is 22.0 Å². The zero-order chi connectivity index (χ0) is 15.6. The maximum Gasteiger partial charge on any atom is 0.161 e. The Morgan fingerprint density at radius 3 is 2.10 bits per heavy atom. The number of benzene rings is 2. The third kappa shape index (κ3) is 3.22. The topological polar surface area (TPSA) is 44.5 Å². The van der Waals surface area contributed by atoms with Crippen molar-refractivity contribution in [2.24, 2.45) is 5.73 Å². The Balaban J connectivity index is 2.52. The van der Waals surface area contributed by atoms with E-state index in [2.05, 4.69) is 35.0 Å². The van der Waals surface area contributed by atoms with E-state index in [1.54, 1.807) is 14.2 Å². The molecule has 2 aromatic carbocycles. The summed E-state index contributed by atoms with van der Waals surface area (Å²) in [4.78, 5) is 0. The number of halogens is 1. The van der Waals surface area contributed by atoms with Gasteiger partial charge in [-0.15, -0.1) is 0 Å². The van der Waals surface area contributed by atoms with Crippen LogP contribution in [0.2, 0.25) is 0 Å². The summed E-state index contributed by atoms with van der Waals surface area (Å²) in [7, 11) is 3.27. The number of hydrogen-bond donors (Lipinski definition) is 1. The van der Waals surface area contributed by atoms with Crippen LogP contribution in [0.25, 0.3) is 0 Å². The number of hydrogen-bond acceptors (Lipinski definition) is 3. The maximum absolute atomic E-state index is 6.48. The monoisotopic (exact) mass is 349 g/mol. The lowest BCUT2D eigenvalue weighted by Gasteiger charge is -2.20. The van der Waals surface area contributed by atoms with Crippen LogP contribution in [0.3, 0.4) is 0 Å². The Kier molecular flexibility index (Phi) is 4.91. The van der Waals surface area contributed by atoms with Crippen LogP contribution in [0.15, 0.2) is 34.8 Å². The molecule has 2 N–H and O–H groups in total. The highest BCUT2D eigenvalue weighted by Crippen LogP contribution is 2.35. The fourth-order valence-corrected chi connectivity index (χ4v) is 2.82. The lowest BCUT2D eigenvalue weighted by Crippen LogP contribution is -2.15. The van der Waals surface area contributed by atoms with Crippen LogP contribution in [-0.2, 0) is 0 Å². The van der Waals surface area contributed by atoms with Crippen LogP contribution >= 0.6 is 15.9 Å². The molecule has 0 aliphatic carbocycles. The van der Waals surface area contributed by atoms with E-state index in [0.29, 0.717) is 5.75 Å². The van der Waals surface area contributed by atoms with Gasteiger partial charge in [0.05, 0.1) is 20.3 Å². The molecule has 1 unspecified atom stereocenters. The summed E-state index contributed by atoms with van der Waals surface area (Å²) in [5.74, 6) is 1.41. The minimum absolute atomic E-state index is 0.206. The van der Waals surface area contributed by atoms with Crippen molar-refractivity contribution in [3.8, 4) is 11.5 Å². The van der Waals surface area contributed by atoms with Crippen LogP contribution in [0.1, 0.15) is 28.3 Å². The molecule has 112 valence electrons. The second-order valence-electron chi connectivity index (χ2n) is 5.04. The minimum Gasteiger partial charge on any atom is -0.493 e. The molecule has 0 saturated carbocycles. The fraction of sp³-hybridized carbons (Fsp3) is 0.294.